The molecule has 31 heavy (non-hydrogen) atoms. The Kier molecular flexibility index (Phi) is 6.05. The van der Waals surface area contributed by atoms with E-state index < -0.39 is 0 Å². The van der Waals surface area contributed by atoms with Crippen molar-refractivity contribution in [3.63, 3.8) is 0 Å². The van der Waals surface area contributed by atoms with E-state index in [0.29, 0.717) is 5.56 Å². The molecule has 0 spiro atoms. The van der Waals surface area contributed by atoms with Crippen LogP contribution in [0.4, 0.5) is 0 Å². The number of phenolic OH excluding ortho intramolecular Hbond substituents is 1. The summed E-state index contributed by atoms with van der Waals surface area (Å²) in [5, 5.41) is 16.2. The van der Waals surface area contributed by atoms with Gasteiger partial charge in [-0.3, -0.25) is 0 Å². The smallest absolute Gasteiger partial charge is 0.337 e. The van der Waals surface area contributed by atoms with Gasteiger partial charge in [0.25, 0.3) is 0 Å². The molecule has 0 bridgehead atoms. The lowest BCUT2D eigenvalue weighted by atomic mass is 9.97. The van der Waals surface area contributed by atoms with Gasteiger partial charge in [0.2, 0.25) is 0 Å². The van der Waals surface area contributed by atoms with E-state index in [1.165, 1.54) is 12.7 Å². The molecule has 3 aromatic rings. The van der Waals surface area contributed by atoms with Crippen LogP contribution in [0.1, 0.15) is 51.7 Å². The minimum absolute atomic E-state index is 0.0615. The highest BCUT2D eigenvalue weighted by Crippen LogP contribution is 2.29. The number of rotatable bonds is 5. The molecule has 3 aromatic carbocycles. The van der Waals surface area contributed by atoms with Crippen LogP contribution in [0.5, 0.6) is 5.75 Å². The second kappa shape index (κ2) is 9.06. The molecule has 0 aromatic heterocycles. The first-order valence-corrected chi connectivity index (χ1v) is 10.5. The van der Waals surface area contributed by atoms with Gasteiger partial charge in [-0.1, -0.05) is 55.5 Å². The van der Waals surface area contributed by atoms with Crippen LogP contribution in [0, 0.1) is 0 Å². The molecule has 4 N–H and O–H groups in total. The van der Waals surface area contributed by atoms with Gasteiger partial charge in [0.05, 0.1) is 18.2 Å². The second-order valence-corrected chi connectivity index (χ2v) is 7.64. The van der Waals surface area contributed by atoms with Gasteiger partial charge in [0, 0.05) is 17.3 Å². The monoisotopic (exact) mass is 415 g/mol. The minimum Gasteiger partial charge on any atom is -0.507 e. The lowest BCUT2D eigenvalue weighted by Gasteiger charge is -2.30. The van der Waals surface area contributed by atoms with E-state index in [1.807, 2.05) is 30.3 Å². The summed E-state index contributed by atoms with van der Waals surface area (Å²) in [4.78, 5) is 11.8. The molecular formula is C26H27N2O3+. The molecule has 0 fully saturated rings. The third kappa shape index (κ3) is 4.47. The molecule has 0 aliphatic carbocycles. The lowest BCUT2D eigenvalue weighted by molar-refractivity contribution is -0.731. The average Bonchev–Trinajstić information content (AvgIpc) is 2.83. The Bertz CT molecular complexity index is 1090. The molecule has 4 rings (SSSR count). The van der Waals surface area contributed by atoms with E-state index >= 15 is 0 Å². The number of benzene rings is 3. The Morgan fingerprint density at radius 3 is 2.39 bits per heavy atom. The number of hydrogen-bond donors (Lipinski definition) is 3. The highest BCUT2D eigenvalue weighted by atomic mass is 16.5. The first kappa shape index (κ1) is 20.7. The van der Waals surface area contributed by atoms with Gasteiger partial charge in [-0.05, 0) is 41.8 Å². The number of nitrogens with one attached hydrogen (secondary N) is 1. The van der Waals surface area contributed by atoms with E-state index in [9.17, 15) is 9.90 Å². The molecule has 1 aliphatic heterocycles. The Morgan fingerprint density at radius 1 is 1.03 bits per heavy atom. The number of nitrogens with two attached hydrogens (primary N) is 1. The molecule has 1 aliphatic rings. The van der Waals surface area contributed by atoms with Gasteiger partial charge < -0.3 is 20.5 Å². The molecule has 0 saturated heterocycles. The predicted molar refractivity (Wildman–Crippen MR) is 120 cm³/mol. The quantitative estimate of drug-likeness (QED) is 0.556. The number of aryl methyl sites for hydroxylation is 1. The topological polar surface area (TPSA) is 75.2 Å². The number of hydrogen-bond acceptors (Lipinski definition) is 4. The fourth-order valence-corrected chi connectivity index (χ4v) is 3.91. The number of methoxy groups -OCH3 is 1. The molecule has 5 nitrogen and oxygen atoms in total. The van der Waals surface area contributed by atoms with E-state index in [-0.39, 0.29) is 23.9 Å². The number of aromatic hydroxyl groups is 1. The standard InChI is InChI=1S/C26H26N2O3/c1-3-17-8-10-18(11-9-17)22-16-23(21-6-4-5-7-24(21)29)28-25(27-22)19-12-14-20(15-13-19)26(30)31-2/h4-16,23,25,27-29H,3H2,1-2H3/p+1. The average molecular weight is 416 g/mol. The first-order chi connectivity index (χ1) is 15.1. The van der Waals surface area contributed by atoms with Crippen LogP contribution in [0.2, 0.25) is 0 Å². The van der Waals surface area contributed by atoms with Crippen molar-refractivity contribution in [2.75, 3.05) is 7.11 Å². The van der Waals surface area contributed by atoms with Gasteiger partial charge in [-0.2, -0.15) is 0 Å². The third-order valence-corrected chi connectivity index (χ3v) is 5.72. The maximum absolute atomic E-state index is 11.8. The van der Waals surface area contributed by atoms with Crippen molar-refractivity contribution in [1.29, 1.82) is 0 Å². The summed E-state index contributed by atoms with van der Waals surface area (Å²) in [6.07, 6.45) is 3.06. The summed E-state index contributed by atoms with van der Waals surface area (Å²) < 4.78 is 4.80. The number of para-hydroxylation sites is 1. The summed E-state index contributed by atoms with van der Waals surface area (Å²) in [6, 6.07) is 23.3. The summed E-state index contributed by atoms with van der Waals surface area (Å²) >= 11 is 0. The minimum atomic E-state index is -0.351. The highest BCUT2D eigenvalue weighted by molar-refractivity contribution is 5.89. The van der Waals surface area contributed by atoms with Gasteiger partial charge in [-0.25, -0.2) is 4.79 Å². The largest absolute Gasteiger partial charge is 0.507 e. The van der Waals surface area contributed by atoms with Gasteiger partial charge in [-0.15, -0.1) is 0 Å². The maximum Gasteiger partial charge on any atom is 0.337 e. The Balaban J connectivity index is 1.70. The zero-order chi connectivity index (χ0) is 21.8. The number of carbonyl (C=O) groups excluding carboxylic acids is 1. The fraction of sp³-hybridized carbons (Fsp3) is 0.192. The van der Waals surface area contributed by atoms with E-state index in [4.69, 9.17) is 4.74 Å². The Labute approximate surface area is 182 Å². The zero-order valence-electron chi connectivity index (χ0n) is 17.7. The van der Waals surface area contributed by atoms with E-state index in [2.05, 4.69) is 47.9 Å². The van der Waals surface area contributed by atoms with Crippen LogP contribution in [0.25, 0.3) is 5.70 Å². The molecule has 5 heteroatoms. The van der Waals surface area contributed by atoms with Crippen molar-refractivity contribution in [3.05, 3.63) is 107 Å². The normalized spacial score (nSPS) is 18.1. The van der Waals surface area contributed by atoms with E-state index in [1.54, 1.807) is 18.2 Å². The molecule has 2 atom stereocenters. The number of quaternary nitrogens is 1. The number of carbonyl (C=O) groups is 1. The van der Waals surface area contributed by atoms with Gasteiger partial charge in [0.1, 0.15) is 11.8 Å². The Morgan fingerprint density at radius 2 is 1.74 bits per heavy atom. The summed E-state index contributed by atoms with van der Waals surface area (Å²) in [6.45, 7) is 2.14. The zero-order valence-corrected chi connectivity index (χ0v) is 17.7. The van der Waals surface area contributed by atoms with Crippen molar-refractivity contribution >= 4 is 11.7 Å². The summed E-state index contributed by atoms with van der Waals surface area (Å²) in [7, 11) is 1.38. The van der Waals surface area contributed by atoms with Crippen LogP contribution in [-0.4, -0.2) is 18.2 Å². The van der Waals surface area contributed by atoms with Crippen LogP contribution < -0.4 is 10.6 Å². The van der Waals surface area contributed by atoms with Crippen molar-refractivity contribution < 1.29 is 20.0 Å². The summed E-state index contributed by atoms with van der Waals surface area (Å²) in [5.41, 5.74) is 5.82. The number of ether oxygens (including phenoxy) is 1. The van der Waals surface area contributed by atoms with Crippen LogP contribution in [0.15, 0.2) is 78.9 Å². The van der Waals surface area contributed by atoms with Crippen LogP contribution >= 0.6 is 0 Å². The van der Waals surface area contributed by atoms with Gasteiger partial charge in [0.15, 0.2) is 6.17 Å². The molecule has 0 amide bonds. The second-order valence-electron chi connectivity index (χ2n) is 7.64. The number of phenols is 1. The molecule has 2 unspecified atom stereocenters. The number of esters is 1. The van der Waals surface area contributed by atoms with Crippen molar-refractivity contribution in [2.45, 2.75) is 25.6 Å². The predicted octanol–water partition coefficient (Wildman–Crippen LogP) is 3.69. The van der Waals surface area contributed by atoms with Crippen molar-refractivity contribution in [2.24, 2.45) is 0 Å². The molecule has 158 valence electrons. The van der Waals surface area contributed by atoms with Crippen LogP contribution in [0.3, 0.4) is 0 Å². The molecule has 0 radical (unpaired) electrons. The fourth-order valence-electron chi connectivity index (χ4n) is 3.91. The van der Waals surface area contributed by atoms with Crippen molar-refractivity contribution in [1.82, 2.24) is 5.32 Å². The lowest BCUT2D eigenvalue weighted by Crippen LogP contribution is -2.89. The maximum atomic E-state index is 11.8. The molecular weight excluding hydrogens is 388 g/mol. The first-order valence-electron chi connectivity index (χ1n) is 10.5. The molecule has 0 saturated carbocycles. The SMILES string of the molecule is CCc1ccc(C2=CC(c3ccccc3O)[NH2+]C(c3ccc(C(=O)OC)cc3)N2)cc1. The highest BCUT2D eigenvalue weighted by Gasteiger charge is 2.29. The van der Waals surface area contributed by atoms with Gasteiger partial charge >= 0.3 is 5.97 Å². The molecule has 1 heterocycles. The van der Waals surface area contributed by atoms with Crippen LogP contribution in [-0.2, 0) is 11.2 Å². The third-order valence-electron chi connectivity index (χ3n) is 5.72. The summed E-state index contributed by atoms with van der Waals surface area (Å²) in [5.74, 6) is -0.0711. The van der Waals surface area contributed by atoms with E-state index in [0.717, 1.165) is 28.8 Å². The van der Waals surface area contributed by atoms with Crippen molar-refractivity contribution in [3.8, 4) is 5.75 Å². The Hall–Kier alpha value is -3.57.